The van der Waals surface area contributed by atoms with Gasteiger partial charge in [-0.3, -0.25) is 4.79 Å². The van der Waals surface area contributed by atoms with Crippen molar-refractivity contribution in [1.29, 1.82) is 0 Å². The Bertz CT molecular complexity index is 444. The highest BCUT2D eigenvalue weighted by atomic mass is 16.4. The van der Waals surface area contributed by atoms with Gasteiger partial charge in [0.2, 0.25) is 0 Å². The molecule has 1 unspecified atom stereocenters. The molecule has 0 saturated heterocycles. The van der Waals surface area contributed by atoms with Gasteiger partial charge < -0.3 is 19.9 Å². The molecule has 0 spiro atoms. The molecule has 0 aliphatic carbocycles. The minimum atomic E-state index is -0.907. The van der Waals surface area contributed by atoms with Gasteiger partial charge in [-0.2, -0.15) is 0 Å². The Morgan fingerprint density at radius 1 is 1.58 bits per heavy atom. The van der Waals surface area contributed by atoms with Crippen LogP contribution < -0.4 is 5.32 Å². The van der Waals surface area contributed by atoms with Crippen molar-refractivity contribution in [1.82, 2.24) is 19.8 Å². The lowest BCUT2D eigenvalue weighted by molar-refractivity contribution is -0.141. The Kier molecular flexibility index (Phi) is 5.35. The van der Waals surface area contributed by atoms with Gasteiger partial charge in [0.25, 0.3) is 0 Å². The number of aliphatic carboxylic acids is 1. The topological polar surface area (TPSA) is 87.5 Å². The van der Waals surface area contributed by atoms with Gasteiger partial charge in [0.15, 0.2) is 0 Å². The van der Waals surface area contributed by atoms with Crippen LogP contribution in [0.15, 0.2) is 12.4 Å². The van der Waals surface area contributed by atoms with Gasteiger partial charge in [-0.15, -0.1) is 0 Å². The number of urea groups is 1. The quantitative estimate of drug-likeness (QED) is 0.794. The average molecular weight is 268 g/mol. The minimum Gasteiger partial charge on any atom is -0.481 e. The molecule has 2 amide bonds. The molecule has 7 nitrogen and oxygen atoms in total. The lowest BCUT2D eigenvalue weighted by atomic mass is 10.2. The summed E-state index contributed by atoms with van der Waals surface area (Å²) in [6, 6.07) is -0.279. The SMILES string of the molecule is CCN(CC(C)C(=O)O)C(=O)NCc1nccn1C. The Morgan fingerprint density at radius 2 is 2.26 bits per heavy atom. The lowest BCUT2D eigenvalue weighted by Crippen LogP contribution is -2.43. The predicted molar refractivity (Wildman–Crippen MR) is 69.5 cm³/mol. The molecule has 0 bridgehead atoms. The zero-order valence-corrected chi connectivity index (χ0v) is 11.5. The van der Waals surface area contributed by atoms with Gasteiger partial charge in [0.05, 0.1) is 12.5 Å². The summed E-state index contributed by atoms with van der Waals surface area (Å²) in [6.07, 6.45) is 3.46. The molecule has 1 rings (SSSR count). The van der Waals surface area contributed by atoms with E-state index < -0.39 is 11.9 Å². The molecule has 0 fully saturated rings. The van der Waals surface area contributed by atoms with Crippen LogP contribution >= 0.6 is 0 Å². The van der Waals surface area contributed by atoms with Crippen LogP contribution in [0.1, 0.15) is 19.7 Å². The Balaban J connectivity index is 2.50. The molecular formula is C12H20N4O3. The molecule has 1 heterocycles. The van der Waals surface area contributed by atoms with Gasteiger partial charge in [-0.1, -0.05) is 6.92 Å². The first-order chi connectivity index (χ1) is 8.95. The number of nitrogens with zero attached hydrogens (tertiary/aromatic N) is 3. The first-order valence-electron chi connectivity index (χ1n) is 6.17. The van der Waals surface area contributed by atoms with Crippen LogP contribution in [-0.4, -0.2) is 44.6 Å². The van der Waals surface area contributed by atoms with E-state index in [4.69, 9.17) is 5.11 Å². The summed E-state index contributed by atoms with van der Waals surface area (Å²) < 4.78 is 1.82. The number of carbonyl (C=O) groups excluding carboxylic acids is 1. The molecule has 2 N–H and O–H groups in total. The van der Waals surface area contributed by atoms with E-state index in [-0.39, 0.29) is 12.6 Å². The second kappa shape index (κ2) is 6.77. The monoisotopic (exact) mass is 268 g/mol. The molecule has 0 aliphatic rings. The van der Waals surface area contributed by atoms with Crippen molar-refractivity contribution >= 4 is 12.0 Å². The number of nitrogens with one attached hydrogen (secondary N) is 1. The molecule has 1 aromatic heterocycles. The fourth-order valence-electron chi connectivity index (χ4n) is 1.60. The van der Waals surface area contributed by atoms with E-state index in [1.165, 1.54) is 4.90 Å². The normalized spacial score (nSPS) is 11.9. The number of amides is 2. The van der Waals surface area contributed by atoms with E-state index >= 15 is 0 Å². The summed E-state index contributed by atoms with van der Waals surface area (Å²) in [5.74, 6) is -0.745. The van der Waals surface area contributed by atoms with E-state index in [1.807, 2.05) is 18.5 Å². The summed E-state index contributed by atoms with van der Waals surface area (Å²) in [4.78, 5) is 28.3. The van der Waals surface area contributed by atoms with Crippen molar-refractivity contribution in [3.8, 4) is 0 Å². The summed E-state index contributed by atoms with van der Waals surface area (Å²) in [5, 5.41) is 11.6. The molecule has 0 aromatic carbocycles. The van der Waals surface area contributed by atoms with Crippen molar-refractivity contribution in [2.75, 3.05) is 13.1 Å². The van der Waals surface area contributed by atoms with Crippen molar-refractivity contribution < 1.29 is 14.7 Å². The summed E-state index contributed by atoms with van der Waals surface area (Å²) in [7, 11) is 1.85. The molecule has 106 valence electrons. The largest absolute Gasteiger partial charge is 0.481 e. The number of aromatic nitrogens is 2. The Labute approximate surface area is 112 Å². The maximum atomic E-state index is 11.9. The minimum absolute atomic E-state index is 0.193. The maximum Gasteiger partial charge on any atom is 0.317 e. The fourth-order valence-corrected chi connectivity index (χ4v) is 1.60. The number of aryl methyl sites for hydroxylation is 1. The van der Waals surface area contributed by atoms with Crippen LogP contribution in [0, 0.1) is 5.92 Å². The molecule has 0 saturated carbocycles. The Morgan fingerprint density at radius 3 is 2.74 bits per heavy atom. The smallest absolute Gasteiger partial charge is 0.317 e. The number of rotatable bonds is 6. The third kappa shape index (κ3) is 4.27. The zero-order valence-electron chi connectivity index (χ0n) is 11.5. The van der Waals surface area contributed by atoms with Crippen LogP contribution in [0.3, 0.4) is 0 Å². The molecule has 1 atom stereocenters. The van der Waals surface area contributed by atoms with E-state index in [0.717, 1.165) is 5.82 Å². The van der Waals surface area contributed by atoms with Crippen molar-refractivity contribution in [3.05, 3.63) is 18.2 Å². The highest BCUT2D eigenvalue weighted by molar-refractivity contribution is 5.75. The molecule has 19 heavy (non-hydrogen) atoms. The Hall–Kier alpha value is -2.05. The third-order valence-electron chi connectivity index (χ3n) is 2.90. The summed E-state index contributed by atoms with van der Waals surface area (Å²) >= 11 is 0. The van der Waals surface area contributed by atoms with E-state index in [9.17, 15) is 9.59 Å². The van der Waals surface area contributed by atoms with Crippen LogP contribution in [0.5, 0.6) is 0 Å². The number of hydrogen-bond acceptors (Lipinski definition) is 3. The number of carboxylic acid groups (broad SMARTS) is 1. The molecular weight excluding hydrogens is 248 g/mol. The average Bonchev–Trinajstić information content (AvgIpc) is 2.78. The highest BCUT2D eigenvalue weighted by Gasteiger charge is 2.19. The van der Waals surface area contributed by atoms with Crippen LogP contribution in [0.2, 0.25) is 0 Å². The van der Waals surface area contributed by atoms with Crippen LogP contribution in [-0.2, 0) is 18.4 Å². The fraction of sp³-hybridized carbons (Fsp3) is 0.583. The molecule has 0 aliphatic heterocycles. The standard InChI is InChI=1S/C12H20N4O3/c1-4-16(8-9(2)11(17)18)12(19)14-7-10-13-5-6-15(10)3/h5-6,9H,4,7-8H2,1-3H3,(H,14,19)(H,17,18). The van der Waals surface area contributed by atoms with E-state index in [0.29, 0.717) is 13.1 Å². The van der Waals surface area contributed by atoms with Crippen molar-refractivity contribution in [2.24, 2.45) is 13.0 Å². The van der Waals surface area contributed by atoms with Gasteiger partial charge >= 0.3 is 12.0 Å². The number of imidazole rings is 1. The predicted octanol–water partition coefficient (Wildman–Crippen LogP) is 0.672. The summed E-state index contributed by atoms with van der Waals surface area (Å²) in [6.45, 7) is 4.37. The molecule has 1 aromatic rings. The van der Waals surface area contributed by atoms with Gasteiger partial charge in [0, 0.05) is 32.5 Å². The summed E-state index contributed by atoms with van der Waals surface area (Å²) in [5.41, 5.74) is 0. The van der Waals surface area contributed by atoms with Gasteiger partial charge in [-0.25, -0.2) is 9.78 Å². The number of carbonyl (C=O) groups is 2. The first kappa shape index (κ1) is 15.0. The number of hydrogen-bond donors (Lipinski definition) is 2. The van der Waals surface area contributed by atoms with E-state index in [2.05, 4.69) is 10.3 Å². The highest BCUT2D eigenvalue weighted by Crippen LogP contribution is 2.01. The first-order valence-corrected chi connectivity index (χ1v) is 6.17. The second-order valence-electron chi connectivity index (χ2n) is 4.39. The van der Waals surface area contributed by atoms with Crippen molar-refractivity contribution in [2.45, 2.75) is 20.4 Å². The van der Waals surface area contributed by atoms with Gasteiger partial charge in [0.1, 0.15) is 5.82 Å². The molecule has 7 heteroatoms. The van der Waals surface area contributed by atoms with E-state index in [1.54, 1.807) is 19.3 Å². The number of carboxylic acids is 1. The second-order valence-corrected chi connectivity index (χ2v) is 4.39. The van der Waals surface area contributed by atoms with Gasteiger partial charge in [-0.05, 0) is 6.92 Å². The maximum absolute atomic E-state index is 11.9. The van der Waals surface area contributed by atoms with Crippen LogP contribution in [0.4, 0.5) is 4.79 Å². The molecule has 0 radical (unpaired) electrons. The zero-order chi connectivity index (χ0) is 14.4. The lowest BCUT2D eigenvalue weighted by Gasteiger charge is -2.23. The van der Waals surface area contributed by atoms with Crippen molar-refractivity contribution in [3.63, 3.8) is 0 Å². The third-order valence-corrected chi connectivity index (χ3v) is 2.90. The van der Waals surface area contributed by atoms with Crippen LogP contribution in [0.25, 0.3) is 0 Å².